The molecule has 128 valence electrons. The first-order chi connectivity index (χ1) is 12.1. The third-order valence-electron chi connectivity index (χ3n) is 4.17. The molecule has 0 fully saturated rings. The highest BCUT2D eigenvalue weighted by Gasteiger charge is 2.13. The molecule has 0 unspecified atom stereocenters. The highest BCUT2D eigenvalue weighted by atomic mass is 35.5. The highest BCUT2D eigenvalue weighted by molar-refractivity contribution is 6.68. The molecule has 0 amide bonds. The summed E-state index contributed by atoms with van der Waals surface area (Å²) in [6.07, 6.45) is 2.14. The van der Waals surface area contributed by atoms with Crippen molar-refractivity contribution in [2.75, 3.05) is 6.61 Å². The first-order valence-electron chi connectivity index (χ1n) is 8.43. The quantitative estimate of drug-likeness (QED) is 0.417. The van der Waals surface area contributed by atoms with Crippen molar-refractivity contribution in [3.8, 4) is 17.0 Å². The second kappa shape index (κ2) is 7.66. The number of fused-ring (bicyclic) bond motifs is 1. The number of rotatable bonds is 6. The number of unbranched alkanes of at least 4 members (excludes halogenated alkanes) is 1. The van der Waals surface area contributed by atoms with Gasteiger partial charge in [-0.3, -0.25) is 4.79 Å². The van der Waals surface area contributed by atoms with Gasteiger partial charge in [0.2, 0.25) is 0 Å². The van der Waals surface area contributed by atoms with Crippen LogP contribution in [0.25, 0.3) is 22.2 Å². The lowest BCUT2D eigenvalue weighted by atomic mass is 10.0. The molecule has 0 aliphatic carbocycles. The standard InChI is InChI=1S/C21H20ClNO2/c1-3-4-12-25-16-10-8-15(9-11-16)19-13-18(21(22)24)17-7-5-6-14(2)20(17)23-19/h5-11,13H,3-4,12H2,1-2H3. The van der Waals surface area contributed by atoms with Gasteiger partial charge in [-0.05, 0) is 60.8 Å². The van der Waals surface area contributed by atoms with Crippen LogP contribution in [-0.4, -0.2) is 16.8 Å². The van der Waals surface area contributed by atoms with E-state index < -0.39 is 5.24 Å². The maximum atomic E-state index is 11.9. The Labute approximate surface area is 152 Å². The average molecular weight is 354 g/mol. The van der Waals surface area contributed by atoms with Gasteiger partial charge < -0.3 is 4.74 Å². The third kappa shape index (κ3) is 3.83. The number of ether oxygens (including phenoxy) is 1. The lowest BCUT2D eigenvalue weighted by molar-refractivity contribution is 0.108. The summed E-state index contributed by atoms with van der Waals surface area (Å²) in [6, 6.07) is 15.3. The number of aromatic nitrogens is 1. The van der Waals surface area contributed by atoms with Crippen LogP contribution in [0.4, 0.5) is 0 Å². The number of aryl methyl sites for hydroxylation is 1. The second-order valence-electron chi connectivity index (χ2n) is 6.03. The molecule has 1 aromatic heterocycles. The first kappa shape index (κ1) is 17.4. The average Bonchev–Trinajstić information content (AvgIpc) is 2.62. The van der Waals surface area contributed by atoms with Crippen LogP contribution in [0.5, 0.6) is 5.75 Å². The van der Waals surface area contributed by atoms with E-state index in [1.165, 1.54) is 0 Å². The SMILES string of the molecule is CCCCOc1ccc(-c2cc(C(=O)Cl)c3cccc(C)c3n2)cc1. The molecule has 0 spiro atoms. The minimum atomic E-state index is -0.473. The van der Waals surface area contributed by atoms with Crippen molar-refractivity contribution in [3.63, 3.8) is 0 Å². The van der Waals surface area contributed by atoms with E-state index >= 15 is 0 Å². The summed E-state index contributed by atoms with van der Waals surface area (Å²) in [5.74, 6) is 0.836. The van der Waals surface area contributed by atoms with Crippen molar-refractivity contribution in [1.82, 2.24) is 4.98 Å². The minimum absolute atomic E-state index is 0.473. The number of carbonyl (C=O) groups excluding carboxylic acids is 1. The van der Waals surface area contributed by atoms with Crippen LogP contribution in [0.2, 0.25) is 0 Å². The summed E-state index contributed by atoms with van der Waals surface area (Å²) < 4.78 is 5.69. The normalized spacial score (nSPS) is 10.8. The zero-order chi connectivity index (χ0) is 17.8. The number of benzene rings is 2. The van der Waals surface area contributed by atoms with Crippen LogP contribution in [0, 0.1) is 6.92 Å². The van der Waals surface area contributed by atoms with E-state index in [1.54, 1.807) is 6.07 Å². The molecule has 3 nitrogen and oxygen atoms in total. The van der Waals surface area contributed by atoms with Gasteiger partial charge in [-0.1, -0.05) is 31.5 Å². The second-order valence-corrected chi connectivity index (χ2v) is 6.37. The predicted molar refractivity (Wildman–Crippen MR) is 103 cm³/mol. The van der Waals surface area contributed by atoms with Crippen LogP contribution >= 0.6 is 11.6 Å². The molecule has 0 N–H and O–H groups in total. The molecule has 0 aliphatic heterocycles. The Hall–Kier alpha value is -2.39. The van der Waals surface area contributed by atoms with Gasteiger partial charge in [0, 0.05) is 16.5 Å². The van der Waals surface area contributed by atoms with Gasteiger partial charge in [-0.25, -0.2) is 4.98 Å². The number of carbonyl (C=O) groups is 1. The zero-order valence-electron chi connectivity index (χ0n) is 14.4. The molecular formula is C21H20ClNO2. The smallest absolute Gasteiger partial charge is 0.253 e. The van der Waals surface area contributed by atoms with Crippen LogP contribution in [-0.2, 0) is 0 Å². The van der Waals surface area contributed by atoms with Crippen molar-refractivity contribution in [2.45, 2.75) is 26.7 Å². The van der Waals surface area contributed by atoms with Crippen molar-refractivity contribution in [1.29, 1.82) is 0 Å². The molecular weight excluding hydrogens is 334 g/mol. The third-order valence-corrected chi connectivity index (χ3v) is 4.37. The van der Waals surface area contributed by atoms with Crippen LogP contribution < -0.4 is 4.74 Å². The number of halogens is 1. The van der Waals surface area contributed by atoms with E-state index in [4.69, 9.17) is 21.3 Å². The minimum Gasteiger partial charge on any atom is -0.494 e. The number of hydrogen-bond donors (Lipinski definition) is 0. The van der Waals surface area contributed by atoms with Crippen molar-refractivity contribution >= 4 is 27.7 Å². The highest BCUT2D eigenvalue weighted by Crippen LogP contribution is 2.28. The van der Waals surface area contributed by atoms with Crippen molar-refractivity contribution in [2.24, 2.45) is 0 Å². The molecule has 3 aromatic rings. The fourth-order valence-corrected chi connectivity index (χ4v) is 2.92. The Morgan fingerprint density at radius 3 is 2.60 bits per heavy atom. The monoisotopic (exact) mass is 353 g/mol. The predicted octanol–water partition coefficient (Wildman–Crippen LogP) is 5.77. The van der Waals surface area contributed by atoms with Gasteiger partial charge in [0.25, 0.3) is 5.24 Å². The topological polar surface area (TPSA) is 39.2 Å². The summed E-state index contributed by atoms with van der Waals surface area (Å²) >= 11 is 5.80. The van der Waals surface area contributed by atoms with E-state index in [0.29, 0.717) is 12.2 Å². The summed E-state index contributed by atoms with van der Waals surface area (Å²) in [5.41, 5.74) is 3.94. The maximum absolute atomic E-state index is 11.9. The van der Waals surface area contributed by atoms with Gasteiger partial charge in [-0.2, -0.15) is 0 Å². The van der Waals surface area contributed by atoms with Gasteiger partial charge in [0.1, 0.15) is 5.75 Å². The van der Waals surface area contributed by atoms with Crippen LogP contribution in [0.1, 0.15) is 35.7 Å². The zero-order valence-corrected chi connectivity index (χ0v) is 15.1. The van der Waals surface area contributed by atoms with Crippen molar-refractivity contribution in [3.05, 3.63) is 59.7 Å². The molecule has 1 heterocycles. The van der Waals surface area contributed by atoms with E-state index in [9.17, 15) is 4.79 Å². The first-order valence-corrected chi connectivity index (χ1v) is 8.81. The Morgan fingerprint density at radius 1 is 1.16 bits per heavy atom. The van der Waals surface area contributed by atoms with Crippen LogP contribution in [0.15, 0.2) is 48.5 Å². The Kier molecular flexibility index (Phi) is 5.34. The molecule has 4 heteroatoms. The van der Waals surface area contributed by atoms with Gasteiger partial charge in [-0.15, -0.1) is 0 Å². The largest absolute Gasteiger partial charge is 0.494 e. The molecule has 0 saturated heterocycles. The number of nitrogens with zero attached hydrogens (tertiary/aromatic N) is 1. The summed E-state index contributed by atoms with van der Waals surface area (Å²) in [6.45, 7) is 4.83. The molecule has 0 saturated carbocycles. The van der Waals surface area contributed by atoms with E-state index in [1.807, 2.05) is 49.4 Å². The molecule has 2 aromatic carbocycles. The fourth-order valence-electron chi connectivity index (χ4n) is 2.76. The molecule has 0 radical (unpaired) electrons. The van der Waals surface area contributed by atoms with E-state index in [-0.39, 0.29) is 0 Å². The summed E-state index contributed by atoms with van der Waals surface area (Å²) in [7, 11) is 0. The lowest BCUT2D eigenvalue weighted by Crippen LogP contribution is -1.98. The molecule has 0 atom stereocenters. The Morgan fingerprint density at radius 2 is 1.92 bits per heavy atom. The number of pyridine rings is 1. The van der Waals surface area contributed by atoms with E-state index in [2.05, 4.69) is 6.92 Å². The molecule has 3 rings (SSSR count). The Balaban J connectivity index is 2.01. The fraction of sp³-hybridized carbons (Fsp3) is 0.238. The van der Waals surface area contributed by atoms with Gasteiger partial charge in [0.05, 0.1) is 17.8 Å². The number of para-hydroxylation sites is 1. The summed E-state index contributed by atoms with van der Waals surface area (Å²) in [4.78, 5) is 16.6. The molecule has 0 aliphatic rings. The Bertz CT molecular complexity index is 904. The van der Waals surface area contributed by atoms with Crippen molar-refractivity contribution < 1.29 is 9.53 Å². The van der Waals surface area contributed by atoms with E-state index in [0.717, 1.165) is 46.3 Å². The lowest BCUT2D eigenvalue weighted by Gasteiger charge is -2.10. The van der Waals surface area contributed by atoms with Gasteiger partial charge >= 0.3 is 0 Å². The van der Waals surface area contributed by atoms with Crippen LogP contribution in [0.3, 0.4) is 0 Å². The molecule has 0 bridgehead atoms. The summed E-state index contributed by atoms with van der Waals surface area (Å²) in [5, 5.41) is 0.307. The molecule has 25 heavy (non-hydrogen) atoms. The van der Waals surface area contributed by atoms with Gasteiger partial charge in [0.15, 0.2) is 0 Å². The maximum Gasteiger partial charge on any atom is 0.253 e. The number of hydrogen-bond acceptors (Lipinski definition) is 3.